The summed E-state index contributed by atoms with van der Waals surface area (Å²) in [6.07, 6.45) is 1.25. The van der Waals surface area contributed by atoms with Crippen molar-refractivity contribution < 1.29 is 9.53 Å². The van der Waals surface area contributed by atoms with E-state index in [-0.39, 0.29) is 24.4 Å². The molecule has 0 radical (unpaired) electrons. The highest BCUT2D eigenvalue weighted by Crippen LogP contribution is 2.25. The second kappa shape index (κ2) is 9.29. The molecule has 1 fully saturated rings. The molecule has 1 atom stereocenters. The van der Waals surface area contributed by atoms with Crippen molar-refractivity contribution in [1.82, 2.24) is 10.3 Å². The fraction of sp³-hybridized carbons (Fsp3) is 0.444. The van der Waals surface area contributed by atoms with Crippen LogP contribution in [0, 0.1) is 13.8 Å². The van der Waals surface area contributed by atoms with Gasteiger partial charge in [-0.15, -0.1) is 23.7 Å². The number of amides is 1. The van der Waals surface area contributed by atoms with E-state index >= 15 is 0 Å². The zero-order chi connectivity index (χ0) is 16.9. The van der Waals surface area contributed by atoms with Gasteiger partial charge in [-0.05, 0) is 19.4 Å². The number of anilines is 1. The second-order valence-corrected chi connectivity index (χ2v) is 7.26. The third kappa shape index (κ3) is 5.78. The molecule has 2 heterocycles. The molecule has 1 unspecified atom stereocenters. The predicted octanol–water partition coefficient (Wildman–Crippen LogP) is 3.09. The van der Waals surface area contributed by atoms with Gasteiger partial charge in [-0.2, -0.15) is 0 Å². The Morgan fingerprint density at radius 2 is 2.28 bits per heavy atom. The number of halogens is 1. The molecule has 0 bridgehead atoms. The minimum atomic E-state index is -0.0196. The molecule has 5 nitrogen and oxygen atoms in total. The molecule has 2 aromatic rings. The summed E-state index contributed by atoms with van der Waals surface area (Å²) in [5.74, 6) is -0.0196. The van der Waals surface area contributed by atoms with Crippen molar-refractivity contribution in [2.75, 3.05) is 25.1 Å². The number of hydrogen-bond donors (Lipinski definition) is 2. The molecule has 1 saturated heterocycles. The minimum absolute atomic E-state index is 0. The number of aromatic nitrogens is 1. The molecular weight excluding hydrogens is 358 g/mol. The highest BCUT2D eigenvalue weighted by molar-refractivity contribution is 7.15. The largest absolute Gasteiger partial charge is 0.378 e. The van der Waals surface area contributed by atoms with Gasteiger partial charge in [0.05, 0.1) is 18.9 Å². The number of thiazole rings is 1. The number of aryl methyl sites for hydroxylation is 2. The number of carbonyl (C=O) groups is 1. The molecule has 25 heavy (non-hydrogen) atoms. The Bertz CT molecular complexity index is 714. The van der Waals surface area contributed by atoms with Gasteiger partial charge in [-0.1, -0.05) is 29.8 Å². The fourth-order valence-corrected chi connectivity index (χ4v) is 3.81. The van der Waals surface area contributed by atoms with Crippen LogP contribution in [0.2, 0.25) is 0 Å². The SMILES string of the molecule is Cc1cccc(Cc2sc(NC(=O)CC3COCCN3)nc2C)c1.Cl. The number of morpholine rings is 1. The summed E-state index contributed by atoms with van der Waals surface area (Å²) in [5, 5.41) is 6.89. The summed E-state index contributed by atoms with van der Waals surface area (Å²) in [4.78, 5) is 17.9. The van der Waals surface area contributed by atoms with E-state index in [1.54, 1.807) is 11.3 Å². The van der Waals surface area contributed by atoms with Gasteiger partial charge in [-0.25, -0.2) is 4.98 Å². The first-order valence-electron chi connectivity index (χ1n) is 8.23. The third-order valence-corrected chi connectivity index (χ3v) is 5.09. The molecule has 136 valence electrons. The molecule has 2 N–H and O–H groups in total. The zero-order valence-electron chi connectivity index (χ0n) is 14.5. The van der Waals surface area contributed by atoms with Crippen molar-refractivity contribution in [3.8, 4) is 0 Å². The van der Waals surface area contributed by atoms with Gasteiger partial charge in [-0.3, -0.25) is 4.79 Å². The first kappa shape index (κ1) is 19.8. The molecule has 1 aromatic carbocycles. The summed E-state index contributed by atoms with van der Waals surface area (Å²) >= 11 is 1.56. The van der Waals surface area contributed by atoms with Crippen LogP contribution in [-0.2, 0) is 16.0 Å². The van der Waals surface area contributed by atoms with E-state index in [9.17, 15) is 4.79 Å². The minimum Gasteiger partial charge on any atom is -0.378 e. The Balaban J connectivity index is 0.00000225. The molecule has 1 aliphatic heterocycles. The van der Waals surface area contributed by atoms with E-state index in [1.807, 2.05) is 6.92 Å². The number of ether oxygens (including phenoxy) is 1. The lowest BCUT2D eigenvalue weighted by Crippen LogP contribution is -2.43. The van der Waals surface area contributed by atoms with E-state index in [1.165, 1.54) is 16.0 Å². The van der Waals surface area contributed by atoms with Crippen LogP contribution in [0.3, 0.4) is 0 Å². The lowest BCUT2D eigenvalue weighted by atomic mass is 10.1. The number of carbonyl (C=O) groups excluding carboxylic acids is 1. The summed E-state index contributed by atoms with van der Waals surface area (Å²) < 4.78 is 5.38. The van der Waals surface area contributed by atoms with Gasteiger partial charge in [0.15, 0.2) is 5.13 Å². The maximum atomic E-state index is 12.2. The van der Waals surface area contributed by atoms with Crippen LogP contribution < -0.4 is 10.6 Å². The summed E-state index contributed by atoms with van der Waals surface area (Å²) in [6.45, 7) is 6.19. The molecule has 0 spiro atoms. The van der Waals surface area contributed by atoms with Crippen LogP contribution in [0.4, 0.5) is 5.13 Å². The topological polar surface area (TPSA) is 63.2 Å². The Morgan fingerprint density at radius 1 is 1.44 bits per heavy atom. The highest BCUT2D eigenvalue weighted by atomic mass is 35.5. The average molecular weight is 382 g/mol. The summed E-state index contributed by atoms with van der Waals surface area (Å²) in [7, 11) is 0. The van der Waals surface area contributed by atoms with E-state index < -0.39 is 0 Å². The van der Waals surface area contributed by atoms with Gasteiger partial charge in [0, 0.05) is 30.3 Å². The van der Waals surface area contributed by atoms with Crippen molar-refractivity contribution in [1.29, 1.82) is 0 Å². The quantitative estimate of drug-likeness (QED) is 0.835. The fourth-order valence-electron chi connectivity index (χ4n) is 2.80. The van der Waals surface area contributed by atoms with Crippen LogP contribution >= 0.6 is 23.7 Å². The average Bonchev–Trinajstić information content (AvgIpc) is 2.87. The van der Waals surface area contributed by atoms with Gasteiger partial charge in [0.2, 0.25) is 5.91 Å². The van der Waals surface area contributed by atoms with E-state index in [0.717, 1.165) is 18.7 Å². The molecule has 0 aliphatic carbocycles. The van der Waals surface area contributed by atoms with Gasteiger partial charge in [0.25, 0.3) is 0 Å². The smallest absolute Gasteiger partial charge is 0.227 e. The van der Waals surface area contributed by atoms with Crippen LogP contribution in [0.15, 0.2) is 24.3 Å². The van der Waals surface area contributed by atoms with Crippen molar-refractivity contribution in [3.05, 3.63) is 46.0 Å². The second-order valence-electron chi connectivity index (χ2n) is 6.17. The highest BCUT2D eigenvalue weighted by Gasteiger charge is 2.18. The lowest BCUT2D eigenvalue weighted by molar-refractivity contribution is -0.117. The first-order valence-corrected chi connectivity index (χ1v) is 9.04. The third-order valence-electron chi connectivity index (χ3n) is 4.02. The normalized spacial score (nSPS) is 17.0. The predicted molar refractivity (Wildman–Crippen MR) is 104 cm³/mol. The van der Waals surface area contributed by atoms with Crippen LogP contribution in [0.1, 0.15) is 28.1 Å². The maximum Gasteiger partial charge on any atom is 0.227 e. The molecule has 3 rings (SSSR count). The summed E-state index contributed by atoms with van der Waals surface area (Å²) in [5.41, 5.74) is 3.50. The number of rotatable bonds is 5. The van der Waals surface area contributed by atoms with Crippen molar-refractivity contribution >= 4 is 34.8 Å². The Hall–Kier alpha value is -1.47. The lowest BCUT2D eigenvalue weighted by Gasteiger charge is -2.22. The van der Waals surface area contributed by atoms with Crippen LogP contribution in [0.25, 0.3) is 0 Å². The Morgan fingerprint density at radius 3 is 3.00 bits per heavy atom. The van der Waals surface area contributed by atoms with E-state index in [4.69, 9.17) is 4.74 Å². The molecule has 1 aromatic heterocycles. The Kier molecular flexibility index (Phi) is 7.38. The van der Waals surface area contributed by atoms with Gasteiger partial charge >= 0.3 is 0 Å². The van der Waals surface area contributed by atoms with Gasteiger partial charge < -0.3 is 15.4 Å². The molecular formula is C18H24ClN3O2S. The molecule has 0 saturated carbocycles. The Labute approximate surface area is 158 Å². The standard InChI is InChI=1S/C18H23N3O2S.ClH/c1-12-4-3-5-14(8-12)9-16-13(2)20-18(24-16)21-17(22)10-15-11-23-7-6-19-15;/h3-5,8,15,19H,6-7,9-11H2,1-2H3,(H,20,21,22);1H. The maximum absolute atomic E-state index is 12.2. The van der Waals surface area contributed by atoms with Crippen molar-refractivity contribution in [2.45, 2.75) is 32.7 Å². The molecule has 1 amide bonds. The monoisotopic (exact) mass is 381 g/mol. The van der Waals surface area contributed by atoms with E-state index in [2.05, 4.69) is 46.8 Å². The number of nitrogens with one attached hydrogen (secondary N) is 2. The van der Waals surface area contributed by atoms with Crippen LogP contribution in [0.5, 0.6) is 0 Å². The molecule has 7 heteroatoms. The molecule has 1 aliphatic rings. The van der Waals surface area contributed by atoms with Crippen LogP contribution in [-0.4, -0.2) is 36.7 Å². The van der Waals surface area contributed by atoms with Gasteiger partial charge in [0.1, 0.15) is 0 Å². The first-order chi connectivity index (χ1) is 11.6. The zero-order valence-corrected chi connectivity index (χ0v) is 16.1. The number of nitrogens with zero attached hydrogens (tertiary/aromatic N) is 1. The summed E-state index contributed by atoms with van der Waals surface area (Å²) in [6, 6.07) is 8.57. The van der Waals surface area contributed by atoms with Crippen molar-refractivity contribution in [3.63, 3.8) is 0 Å². The van der Waals surface area contributed by atoms with Crippen molar-refractivity contribution in [2.24, 2.45) is 0 Å². The number of hydrogen-bond acceptors (Lipinski definition) is 5. The van der Waals surface area contributed by atoms with E-state index in [0.29, 0.717) is 24.8 Å². The number of benzene rings is 1.